The van der Waals surface area contributed by atoms with E-state index in [9.17, 15) is 9.59 Å². The average Bonchev–Trinajstić information content (AvgIpc) is 3.40. The van der Waals surface area contributed by atoms with Gasteiger partial charge in [0, 0.05) is 34.9 Å². The summed E-state index contributed by atoms with van der Waals surface area (Å²) in [5.74, 6) is 0.505. The third kappa shape index (κ3) is 5.34. The molecule has 7 nitrogen and oxygen atoms in total. The Morgan fingerprint density at radius 1 is 1.11 bits per heavy atom. The molecule has 36 heavy (non-hydrogen) atoms. The van der Waals surface area contributed by atoms with Crippen molar-refractivity contribution in [1.82, 2.24) is 5.32 Å². The smallest absolute Gasteiger partial charge is 0.336 e. The SMILES string of the molecule is CCOCCOC(=O)C1=C(C)NC2=C(C(=O)C[C@@H](c3ccc(OCC)c(OC)c3)C2)[C@H]1c1cccs1. The van der Waals surface area contributed by atoms with Crippen molar-refractivity contribution in [1.29, 1.82) is 0 Å². The first-order valence-electron chi connectivity index (χ1n) is 12.3. The molecular formula is C28H33NO6S. The van der Waals surface area contributed by atoms with Gasteiger partial charge in [-0.05, 0) is 62.3 Å². The van der Waals surface area contributed by atoms with Crippen LogP contribution in [0.2, 0.25) is 0 Å². The molecule has 1 aromatic heterocycles. The second-order valence-corrected chi connectivity index (χ2v) is 9.69. The predicted octanol–water partition coefficient (Wildman–Crippen LogP) is 5.10. The number of hydrogen-bond acceptors (Lipinski definition) is 8. The van der Waals surface area contributed by atoms with Crippen LogP contribution in [0, 0.1) is 0 Å². The summed E-state index contributed by atoms with van der Waals surface area (Å²) in [6.45, 7) is 7.31. The number of nitrogens with one attached hydrogen (secondary N) is 1. The number of carbonyl (C=O) groups is 2. The van der Waals surface area contributed by atoms with E-state index in [1.165, 1.54) is 11.3 Å². The van der Waals surface area contributed by atoms with Gasteiger partial charge in [-0.25, -0.2) is 4.79 Å². The van der Waals surface area contributed by atoms with Crippen molar-refractivity contribution in [3.05, 3.63) is 68.7 Å². The fourth-order valence-electron chi connectivity index (χ4n) is 4.91. The number of ether oxygens (including phenoxy) is 4. The van der Waals surface area contributed by atoms with Crippen LogP contribution in [0.25, 0.3) is 0 Å². The molecule has 0 fully saturated rings. The molecule has 4 rings (SSSR count). The van der Waals surface area contributed by atoms with Crippen LogP contribution in [0.1, 0.15) is 55.9 Å². The van der Waals surface area contributed by atoms with E-state index < -0.39 is 11.9 Å². The van der Waals surface area contributed by atoms with Gasteiger partial charge in [-0.15, -0.1) is 11.3 Å². The molecule has 0 amide bonds. The zero-order valence-corrected chi connectivity index (χ0v) is 22.0. The van der Waals surface area contributed by atoms with Crippen molar-refractivity contribution in [2.24, 2.45) is 0 Å². The van der Waals surface area contributed by atoms with Crippen LogP contribution in [0.5, 0.6) is 11.5 Å². The fraction of sp³-hybridized carbons (Fsp3) is 0.429. The first kappa shape index (κ1) is 26.0. The minimum atomic E-state index is -0.441. The van der Waals surface area contributed by atoms with Crippen molar-refractivity contribution < 1.29 is 28.5 Å². The second kappa shape index (κ2) is 11.8. The summed E-state index contributed by atoms with van der Waals surface area (Å²) in [4.78, 5) is 27.8. The number of allylic oxidation sites excluding steroid dienone is 3. The second-order valence-electron chi connectivity index (χ2n) is 8.71. The minimum Gasteiger partial charge on any atom is -0.493 e. The molecule has 1 aliphatic heterocycles. The Kier molecular flexibility index (Phi) is 8.48. The van der Waals surface area contributed by atoms with Crippen molar-refractivity contribution in [3.8, 4) is 11.5 Å². The molecule has 2 heterocycles. The van der Waals surface area contributed by atoms with Gasteiger partial charge in [-0.1, -0.05) is 12.1 Å². The maximum absolute atomic E-state index is 13.7. The number of esters is 1. The quantitative estimate of drug-likeness (QED) is 0.351. The maximum Gasteiger partial charge on any atom is 0.336 e. The highest BCUT2D eigenvalue weighted by Gasteiger charge is 2.42. The van der Waals surface area contributed by atoms with Gasteiger partial charge in [0.2, 0.25) is 0 Å². The van der Waals surface area contributed by atoms with Crippen LogP contribution in [0.3, 0.4) is 0 Å². The van der Waals surface area contributed by atoms with Crippen molar-refractivity contribution >= 4 is 23.1 Å². The van der Waals surface area contributed by atoms with Gasteiger partial charge in [0.25, 0.3) is 0 Å². The summed E-state index contributed by atoms with van der Waals surface area (Å²) >= 11 is 1.54. The molecule has 0 unspecified atom stereocenters. The Morgan fingerprint density at radius 3 is 2.64 bits per heavy atom. The van der Waals surface area contributed by atoms with Gasteiger partial charge in [0.1, 0.15) is 6.61 Å². The monoisotopic (exact) mass is 511 g/mol. The first-order chi connectivity index (χ1) is 17.5. The third-order valence-corrected chi connectivity index (χ3v) is 7.44. The maximum atomic E-state index is 13.7. The Balaban J connectivity index is 1.65. The zero-order valence-electron chi connectivity index (χ0n) is 21.2. The van der Waals surface area contributed by atoms with Gasteiger partial charge >= 0.3 is 5.97 Å². The Hall–Kier alpha value is -3.10. The van der Waals surface area contributed by atoms with Crippen LogP contribution in [-0.2, 0) is 19.1 Å². The van der Waals surface area contributed by atoms with Crippen molar-refractivity contribution in [3.63, 3.8) is 0 Å². The summed E-state index contributed by atoms with van der Waals surface area (Å²) in [5, 5.41) is 5.35. The number of carbonyl (C=O) groups excluding carboxylic acids is 2. The lowest BCUT2D eigenvalue weighted by atomic mass is 9.73. The topological polar surface area (TPSA) is 83.1 Å². The highest BCUT2D eigenvalue weighted by molar-refractivity contribution is 7.10. The lowest BCUT2D eigenvalue weighted by Gasteiger charge is -2.36. The van der Waals surface area contributed by atoms with E-state index in [0.29, 0.717) is 61.0 Å². The number of hydrogen-bond donors (Lipinski definition) is 1. The molecule has 0 bridgehead atoms. The van der Waals surface area contributed by atoms with Gasteiger partial charge < -0.3 is 24.3 Å². The molecule has 0 spiro atoms. The van der Waals surface area contributed by atoms with E-state index in [-0.39, 0.29) is 18.3 Å². The molecule has 0 radical (unpaired) electrons. The summed E-state index contributed by atoms with van der Waals surface area (Å²) in [7, 11) is 1.62. The van der Waals surface area contributed by atoms with E-state index in [1.807, 2.05) is 56.5 Å². The van der Waals surface area contributed by atoms with E-state index in [0.717, 1.165) is 16.1 Å². The Labute approximate surface area is 216 Å². The number of ketones is 1. The molecule has 0 saturated carbocycles. The van der Waals surface area contributed by atoms with Crippen LogP contribution in [0.15, 0.2) is 58.3 Å². The highest BCUT2D eigenvalue weighted by Crippen LogP contribution is 2.47. The highest BCUT2D eigenvalue weighted by atomic mass is 32.1. The number of methoxy groups -OCH3 is 1. The zero-order chi connectivity index (χ0) is 25.7. The lowest BCUT2D eigenvalue weighted by molar-refractivity contribution is -0.140. The van der Waals surface area contributed by atoms with E-state index in [1.54, 1.807) is 7.11 Å². The van der Waals surface area contributed by atoms with Gasteiger partial charge in [0.05, 0.1) is 31.8 Å². The lowest BCUT2D eigenvalue weighted by Crippen LogP contribution is -2.36. The fourth-order valence-corrected chi connectivity index (χ4v) is 5.76. The number of thiophene rings is 1. The van der Waals surface area contributed by atoms with Crippen LogP contribution < -0.4 is 14.8 Å². The number of benzene rings is 1. The Morgan fingerprint density at radius 2 is 1.94 bits per heavy atom. The standard InChI is InChI=1S/C28H33NO6S/c1-5-33-11-12-35-28(31)25-17(3)29-20-14-19(18-9-10-22(34-6-2)23(16-18)32-4)15-21(30)26(20)27(25)24-8-7-13-36-24/h7-10,13,16,19,27,29H,5-6,11-12,14-15H2,1-4H3/t19-,27-/m0/s1. The van der Waals surface area contributed by atoms with Crippen LogP contribution in [0.4, 0.5) is 0 Å². The molecule has 2 aromatic rings. The Bertz CT molecular complexity index is 1170. The minimum absolute atomic E-state index is 0.00944. The van der Waals surface area contributed by atoms with E-state index in [2.05, 4.69) is 5.32 Å². The summed E-state index contributed by atoms with van der Waals surface area (Å²) in [6.07, 6.45) is 1.01. The number of Topliss-reactive ketones (excluding diaryl/α,β-unsaturated/α-hetero) is 1. The van der Waals surface area contributed by atoms with Gasteiger partial charge in [-0.3, -0.25) is 4.79 Å². The molecule has 8 heteroatoms. The van der Waals surface area contributed by atoms with E-state index in [4.69, 9.17) is 18.9 Å². The summed E-state index contributed by atoms with van der Waals surface area (Å²) < 4.78 is 22.0. The average molecular weight is 512 g/mol. The number of dihydropyridines is 1. The summed E-state index contributed by atoms with van der Waals surface area (Å²) in [6, 6.07) is 9.77. The van der Waals surface area contributed by atoms with Crippen molar-refractivity contribution in [2.75, 3.05) is 33.5 Å². The summed E-state index contributed by atoms with van der Waals surface area (Å²) in [5.41, 5.74) is 3.75. The molecule has 0 saturated heterocycles. The molecule has 192 valence electrons. The molecule has 1 aromatic carbocycles. The number of rotatable bonds is 10. The normalized spacial score (nSPS) is 19.6. The molecule has 2 atom stereocenters. The van der Waals surface area contributed by atoms with Crippen LogP contribution >= 0.6 is 11.3 Å². The van der Waals surface area contributed by atoms with Gasteiger partial charge in [0.15, 0.2) is 17.3 Å². The largest absolute Gasteiger partial charge is 0.493 e. The van der Waals surface area contributed by atoms with Crippen molar-refractivity contribution in [2.45, 2.75) is 45.4 Å². The molecule has 1 N–H and O–H groups in total. The van der Waals surface area contributed by atoms with E-state index >= 15 is 0 Å². The third-order valence-electron chi connectivity index (χ3n) is 6.50. The van der Waals surface area contributed by atoms with Crippen LogP contribution in [-0.4, -0.2) is 45.3 Å². The molecular weight excluding hydrogens is 478 g/mol. The van der Waals surface area contributed by atoms with Gasteiger partial charge in [-0.2, -0.15) is 0 Å². The molecule has 1 aliphatic carbocycles. The first-order valence-corrected chi connectivity index (χ1v) is 13.2. The predicted molar refractivity (Wildman–Crippen MR) is 139 cm³/mol. The molecule has 2 aliphatic rings.